The average Bonchev–Trinajstić information content (AvgIpc) is 2.91. The van der Waals surface area contributed by atoms with Gasteiger partial charge < -0.3 is 10.1 Å². The van der Waals surface area contributed by atoms with E-state index in [-0.39, 0.29) is 0 Å². The van der Waals surface area contributed by atoms with Gasteiger partial charge in [-0.05, 0) is 24.1 Å². The lowest BCUT2D eigenvalue weighted by molar-refractivity contribution is 0.309. The SMILES string of the molecule is CCCCOc1ccc(CNCCc2ncn(C)n2)cc1. The molecule has 0 fully saturated rings. The summed E-state index contributed by atoms with van der Waals surface area (Å²) in [5, 5.41) is 7.65. The Bertz CT molecular complexity index is 521. The molecule has 1 aromatic heterocycles. The van der Waals surface area contributed by atoms with Crippen LogP contribution in [0.1, 0.15) is 31.2 Å². The molecule has 0 atom stereocenters. The van der Waals surface area contributed by atoms with Crippen LogP contribution < -0.4 is 10.1 Å². The second-order valence-electron chi connectivity index (χ2n) is 5.11. The van der Waals surface area contributed by atoms with Crippen LogP contribution in [0, 0.1) is 0 Å². The van der Waals surface area contributed by atoms with Crippen molar-refractivity contribution in [3.8, 4) is 5.75 Å². The van der Waals surface area contributed by atoms with E-state index in [9.17, 15) is 0 Å². The average molecular weight is 288 g/mol. The van der Waals surface area contributed by atoms with Crippen molar-refractivity contribution in [1.29, 1.82) is 0 Å². The van der Waals surface area contributed by atoms with Gasteiger partial charge in [0.2, 0.25) is 0 Å². The van der Waals surface area contributed by atoms with Gasteiger partial charge in [0.05, 0.1) is 6.61 Å². The van der Waals surface area contributed by atoms with Gasteiger partial charge in [0.25, 0.3) is 0 Å². The van der Waals surface area contributed by atoms with Crippen molar-refractivity contribution >= 4 is 0 Å². The molecule has 5 nitrogen and oxygen atoms in total. The largest absolute Gasteiger partial charge is 0.494 e. The van der Waals surface area contributed by atoms with E-state index in [0.717, 1.165) is 50.5 Å². The van der Waals surface area contributed by atoms with Gasteiger partial charge >= 0.3 is 0 Å². The summed E-state index contributed by atoms with van der Waals surface area (Å²) in [6, 6.07) is 8.28. The van der Waals surface area contributed by atoms with Crippen LogP contribution in [0.15, 0.2) is 30.6 Å². The molecule has 0 amide bonds. The fourth-order valence-electron chi connectivity index (χ4n) is 1.97. The summed E-state index contributed by atoms with van der Waals surface area (Å²) < 4.78 is 7.38. The highest BCUT2D eigenvalue weighted by atomic mass is 16.5. The molecule has 0 spiro atoms. The lowest BCUT2D eigenvalue weighted by Crippen LogP contribution is -2.17. The summed E-state index contributed by atoms with van der Waals surface area (Å²) in [5.41, 5.74) is 1.26. The summed E-state index contributed by atoms with van der Waals surface area (Å²) in [6.45, 7) is 4.69. The van der Waals surface area contributed by atoms with Crippen LogP contribution in [0.5, 0.6) is 5.75 Å². The van der Waals surface area contributed by atoms with E-state index in [1.807, 2.05) is 19.2 Å². The van der Waals surface area contributed by atoms with Crippen LogP contribution in [-0.2, 0) is 20.0 Å². The van der Waals surface area contributed by atoms with Gasteiger partial charge in [-0.3, -0.25) is 4.68 Å². The minimum absolute atomic E-state index is 0.797. The van der Waals surface area contributed by atoms with Gasteiger partial charge in [0, 0.05) is 26.6 Å². The molecular weight excluding hydrogens is 264 g/mol. The van der Waals surface area contributed by atoms with Gasteiger partial charge in [-0.15, -0.1) is 0 Å². The molecule has 2 rings (SSSR count). The molecular formula is C16H24N4O. The standard InChI is InChI=1S/C16H24N4O/c1-3-4-11-21-15-7-5-14(6-8-15)12-17-10-9-16-18-13-20(2)19-16/h5-8,13,17H,3-4,9-12H2,1-2H3. The summed E-state index contributed by atoms with van der Waals surface area (Å²) in [4.78, 5) is 4.20. The van der Waals surface area contributed by atoms with Gasteiger partial charge in [-0.2, -0.15) is 5.10 Å². The van der Waals surface area contributed by atoms with E-state index in [2.05, 4.69) is 34.5 Å². The maximum absolute atomic E-state index is 5.65. The van der Waals surface area contributed by atoms with Crippen LogP contribution in [0.2, 0.25) is 0 Å². The number of aromatic nitrogens is 3. The Morgan fingerprint density at radius 1 is 1.24 bits per heavy atom. The van der Waals surface area contributed by atoms with Crippen molar-refractivity contribution in [3.63, 3.8) is 0 Å². The topological polar surface area (TPSA) is 52.0 Å². The van der Waals surface area contributed by atoms with E-state index < -0.39 is 0 Å². The summed E-state index contributed by atoms with van der Waals surface area (Å²) in [6.07, 6.45) is 4.84. The molecule has 0 radical (unpaired) electrons. The Morgan fingerprint density at radius 2 is 2.05 bits per heavy atom. The van der Waals surface area contributed by atoms with Gasteiger partial charge in [-0.25, -0.2) is 4.98 Å². The van der Waals surface area contributed by atoms with Crippen LogP contribution in [-0.4, -0.2) is 27.9 Å². The van der Waals surface area contributed by atoms with Crippen LogP contribution in [0.4, 0.5) is 0 Å². The number of aryl methyl sites for hydroxylation is 1. The van der Waals surface area contributed by atoms with Crippen LogP contribution in [0.25, 0.3) is 0 Å². The minimum Gasteiger partial charge on any atom is -0.494 e. The molecule has 21 heavy (non-hydrogen) atoms. The number of ether oxygens (including phenoxy) is 1. The van der Waals surface area contributed by atoms with Gasteiger partial charge in [0.1, 0.15) is 12.1 Å². The number of benzene rings is 1. The number of nitrogens with zero attached hydrogens (tertiary/aromatic N) is 3. The molecule has 0 saturated carbocycles. The molecule has 2 aromatic rings. The predicted molar refractivity (Wildman–Crippen MR) is 83.3 cm³/mol. The molecule has 0 unspecified atom stereocenters. The van der Waals surface area contributed by atoms with Crippen molar-refractivity contribution in [2.24, 2.45) is 7.05 Å². The van der Waals surface area contributed by atoms with E-state index in [1.165, 1.54) is 5.56 Å². The zero-order valence-electron chi connectivity index (χ0n) is 12.9. The lowest BCUT2D eigenvalue weighted by atomic mass is 10.2. The number of hydrogen-bond acceptors (Lipinski definition) is 4. The first-order valence-electron chi connectivity index (χ1n) is 7.55. The number of hydrogen-bond donors (Lipinski definition) is 1. The predicted octanol–water partition coefficient (Wildman–Crippen LogP) is 2.33. The highest BCUT2D eigenvalue weighted by molar-refractivity contribution is 5.27. The smallest absolute Gasteiger partial charge is 0.151 e. The fraction of sp³-hybridized carbons (Fsp3) is 0.500. The third-order valence-electron chi connectivity index (χ3n) is 3.19. The molecule has 0 bridgehead atoms. The second kappa shape index (κ2) is 8.42. The molecule has 0 aliphatic rings. The first-order valence-corrected chi connectivity index (χ1v) is 7.55. The molecule has 0 aliphatic carbocycles. The van der Waals surface area contributed by atoms with Gasteiger partial charge in [-0.1, -0.05) is 25.5 Å². The molecule has 5 heteroatoms. The molecule has 1 heterocycles. The molecule has 114 valence electrons. The third-order valence-corrected chi connectivity index (χ3v) is 3.19. The zero-order valence-corrected chi connectivity index (χ0v) is 12.9. The number of rotatable bonds is 9. The molecule has 1 N–H and O–H groups in total. The highest BCUT2D eigenvalue weighted by Crippen LogP contribution is 2.12. The van der Waals surface area contributed by atoms with E-state index in [0.29, 0.717) is 0 Å². The van der Waals surface area contributed by atoms with Crippen molar-refractivity contribution in [2.75, 3.05) is 13.2 Å². The Balaban J connectivity index is 1.66. The Kier molecular flexibility index (Phi) is 6.22. The van der Waals surface area contributed by atoms with Crippen LogP contribution in [0.3, 0.4) is 0 Å². The maximum Gasteiger partial charge on any atom is 0.151 e. The Morgan fingerprint density at radius 3 is 2.71 bits per heavy atom. The normalized spacial score (nSPS) is 10.8. The summed E-state index contributed by atoms with van der Waals surface area (Å²) in [7, 11) is 1.88. The van der Waals surface area contributed by atoms with E-state index >= 15 is 0 Å². The lowest BCUT2D eigenvalue weighted by Gasteiger charge is -2.07. The number of unbranched alkanes of at least 4 members (excludes halogenated alkanes) is 1. The zero-order chi connectivity index (χ0) is 14.9. The minimum atomic E-state index is 0.797. The molecule has 1 aromatic carbocycles. The molecule has 0 aliphatic heterocycles. The van der Waals surface area contributed by atoms with E-state index in [1.54, 1.807) is 11.0 Å². The second-order valence-corrected chi connectivity index (χ2v) is 5.11. The molecule has 0 saturated heterocycles. The van der Waals surface area contributed by atoms with Crippen molar-refractivity contribution in [2.45, 2.75) is 32.7 Å². The van der Waals surface area contributed by atoms with Crippen LogP contribution >= 0.6 is 0 Å². The third kappa shape index (κ3) is 5.55. The maximum atomic E-state index is 5.65. The van der Waals surface area contributed by atoms with Crippen molar-refractivity contribution in [3.05, 3.63) is 42.0 Å². The monoisotopic (exact) mass is 288 g/mol. The van der Waals surface area contributed by atoms with Crippen molar-refractivity contribution in [1.82, 2.24) is 20.1 Å². The first kappa shape index (κ1) is 15.5. The Labute approximate surface area is 126 Å². The highest BCUT2D eigenvalue weighted by Gasteiger charge is 1.99. The summed E-state index contributed by atoms with van der Waals surface area (Å²) in [5.74, 6) is 1.83. The summed E-state index contributed by atoms with van der Waals surface area (Å²) >= 11 is 0. The van der Waals surface area contributed by atoms with Gasteiger partial charge in [0.15, 0.2) is 5.82 Å². The Hall–Kier alpha value is -1.88. The first-order chi connectivity index (χ1) is 10.3. The quantitative estimate of drug-likeness (QED) is 0.720. The number of nitrogens with one attached hydrogen (secondary N) is 1. The van der Waals surface area contributed by atoms with E-state index in [4.69, 9.17) is 4.74 Å². The fourth-order valence-corrected chi connectivity index (χ4v) is 1.97. The van der Waals surface area contributed by atoms with Crippen molar-refractivity contribution < 1.29 is 4.74 Å².